The van der Waals surface area contributed by atoms with Gasteiger partial charge in [-0.05, 0) is 31.0 Å². The fourth-order valence-electron chi connectivity index (χ4n) is 3.32. The van der Waals surface area contributed by atoms with Crippen molar-refractivity contribution in [3.63, 3.8) is 0 Å². The molecule has 1 aromatic heterocycles. The third-order valence-electron chi connectivity index (χ3n) is 5.15. The number of aromatic nitrogens is 2. The highest BCUT2D eigenvalue weighted by atomic mass is 35.5. The van der Waals surface area contributed by atoms with Crippen LogP contribution < -0.4 is 15.2 Å². The molecular weight excluding hydrogens is 428 g/mol. The molecule has 0 amide bonds. The van der Waals surface area contributed by atoms with E-state index in [4.69, 9.17) is 16.3 Å². The Labute approximate surface area is 181 Å². The van der Waals surface area contributed by atoms with Gasteiger partial charge >= 0.3 is 0 Å². The average Bonchev–Trinajstić information content (AvgIpc) is 2.74. The molecule has 2 heterocycles. The Morgan fingerprint density at radius 1 is 1.27 bits per heavy atom. The number of likely N-dealkylation sites (N-methyl/N-ethyl adjacent to an activating group) is 1. The quantitative estimate of drug-likeness (QED) is 0.648. The lowest BCUT2D eigenvalue weighted by molar-refractivity contribution is -0.883. The van der Waals surface area contributed by atoms with Crippen molar-refractivity contribution in [2.45, 2.75) is 31.6 Å². The van der Waals surface area contributed by atoms with Gasteiger partial charge in [-0.3, -0.25) is 4.79 Å². The summed E-state index contributed by atoms with van der Waals surface area (Å²) < 4.78 is 33.7. The van der Waals surface area contributed by atoms with Crippen molar-refractivity contribution >= 4 is 21.6 Å². The van der Waals surface area contributed by atoms with Crippen LogP contribution >= 0.6 is 11.6 Å². The number of aryl methyl sites for hydroxylation is 1. The van der Waals surface area contributed by atoms with Crippen molar-refractivity contribution in [3.05, 3.63) is 39.3 Å². The highest BCUT2D eigenvalue weighted by Gasteiger charge is 2.30. The number of hydrogen-bond acceptors (Lipinski definition) is 5. The zero-order chi connectivity index (χ0) is 21.9. The number of sulfonamides is 1. The van der Waals surface area contributed by atoms with E-state index in [2.05, 4.69) is 17.0 Å². The Hall–Kier alpha value is -1.94. The number of aromatic amines is 1. The molecule has 1 aliphatic heterocycles. The first-order chi connectivity index (χ1) is 14.3. The molecule has 0 unspecified atom stereocenters. The summed E-state index contributed by atoms with van der Waals surface area (Å²) in [5.74, 6) is 0.707. The van der Waals surface area contributed by atoms with Crippen molar-refractivity contribution in [1.82, 2.24) is 14.3 Å². The van der Waals surface area contributed by atoms with Gasteiger partial charge < -0.3 is 14.6 Å². The van der Waals surface area contributed by atoms with E-state index in [0.717, 1.165) is 19.5 Å². The predicted molar refractivity (Wildman–Crippen MR) is 116 cm³/mol. The number of quaternary nitrogens is 1. The third-order valence-corrected chi connectivity index (χ3v) is 7.43. The highest BCUT2D eigenvalue weighted by Crippen LogP contribution is 2.32. The van der Waals surface area contributed by atoms with Crippen molar-refractivity contribution in [2.24, 2.45) is 0 Å². The maximum absolute atomic E-state index is 13.2. The summed E-state index contributed by atoms with van der Waals surface area (Å²) in [7, 11) is -1.62. The minimum atomic E-state index is -3.67. The van der Waals surface area contributed by atoms with Gasteiger partial charge in [0.15, 0.2) is 0 Å². The summed E-state index contributed by atoms with van der Waals surface area (Å²) >= 11 is 6.05. The maximum atomic E-state index is 13.2. The molecule has 1 aromatic carbocycles. The third kappa shape index (κ3) is 4.69. The summed E-state index contributed by atoms with van der Waals surface area (Å²) in [6.07, 6.45) is 1.26. The summed E-state index contributed by atoms with van der Waals surface area (Å²) in [5, 5.41) is 0.0426. The lowest BCUT2D eigenvalue weighted by atomic mass is 10.1. The largest absolute Gasteiger partial charge is 0.493 e. The molecule has 2 N–H and O–H groups in total. The lowest BCUT2D eigenvalue weighted by Gasteiger charge is -2.29. The summed E-state index contributed by atoms with van der Waals surface area (Å²) in [5.41, 5.74) is 0.412. The smallest absolute Gasteiger partial charge is 0.270 e. The van der Waals surface area contributed by atoms with Crippen LogP contribution in [0.4, 0.5) is 0 Å². The topological polar surface area (TPSA) is 96.8 Å². The molecule has 10 heteroatoms. The van der Waals surface area contributed by atoms with Crippen LogP contribution in [0.15, 0.2) is 27.9 Å². The standard InChI is InChI=1S/C20H27ClN4O4S/c1-4-12-29-17-7-6-14(30(27,28)25-10-8-24(3)9-11-25)13-15(17)19-22-16(5-2)18(21)20(26)23-19/h6-7,13H,4-5,8-12H2,1-3H3,(H,22,23,26)/p+1. The van der Waals surface area contributed by atoms with E-state index >= 15 is 0 Å². The van der Waals surface area contributed by atoms with E-state index in [1.807, 2.05) is 13.8 Å². The van der Waals surface area contributed by atoms with E-state index in [1.54, 1.807) is 12.1 Å². The van der Waals surface area contributed by atoms with Gasteiger partial charge in [-0.2, -0.15) is 4.31 Å². The van der Waals surface area contributed by atoms with E-state index in [1.165, 1.54) is 15.3 Å². The van der Waals surface area contributed by atoms with Gasteiger partial charge in [-0.15, -0.1) is 0 Å². The molecule has 0 atom stereocenters. The highest BCUT2D eigenvalue weighted by molar-refractivity contribution is 7.89. The van der Waals surface area contributed by atoms with E-state index in [0.29, 0.717) is 43.1 Å². The Morgan fingerprint density at radius 3 is 2.60 bits per heavy atom. The van der Waals surface area contributed by atoms with Crippen LogP contribution in [-0.4, -0.2) is 62.5 Å². The number of piperazine rings is 1. The van der Waals surface area contributed by atoms with Crippen LogP contribution in [0.3, 0.4) is 0 Å². The second-order valence-corrected chi connectivity index (χ2v) is 9.71. The first-order valence-corrected chi connectivity index (χ1v) is 12.0. The molecule has 0 aliphatic carbocycles. The molecule has 3 rings (SSSR count). The fraction of sp³-hybridized carbons (Fsp3) is 0.500. The fourth-order valence-corrected chi connectivity index (χ4v) is 5.01. The normalized spacial score (nSPS) is 16.0. The van der Waals surface area contributed by atoms with Gasteiger partial charge in [0.25, 0.3) is 5.56 Å². The molecule has 164 valence electrons. The van der Waals surface area contributed by atoms with Crippen molar-refractivity contribution in [3.8, 4) is 17.1 Å². The molecule has 0 radical (unpaired) electrons. The molecule has 0 saturated carbocycles. The van der Waals surface area contributed by atoms with Gasteiger partial charge in [0, 0.05) is 0 Å². The Kier molecular flexibility index (Phi) is 7.18. The van der Waals surface area contributed by atoms with E-state index in [9.17, 15) is 13.2 Å². The molecule has 1 aliphatic rings. The molecule has 8 nitrogen and oxygen atoms in total. The van der Waals surface area contributed by atoms with Crippen molar-refractivity contribution < 1.29 is 18.1 Å². The van der Waals surface area contributed by atoms with Gasteiger partial charge in [-0.25, -0.2) is 13.4 Å². The Balaban J connectivity index is 2.09. The summed E-state index contributed by atoms with van der Waals surface area (Å²) in [6, 6.07) is 4.69. The number of ether oxygens (including phenoxy) is 1. The van der Waals surface area contributed by atoms with Gasteiger partial charge in [0.05, 0.1) is 56.0 Å². The summed E-state index contributed by atoms with van der Waals surface area (Å²) in [6.45, 7) is 6.74. The minimum Gasteiger partial charge on any atom is -0.493 e. The molecule has 30 heavy (non-hydrogen) atoms. The van der Waals surface area contributed by atoms with E-state index in [-0.39, 0.29) is 15.7 Å². The van der Waals surface area contributed by atoms with Gasteiger partial charge in [-0.1, -0.05) is 25.4 Å². The van der Waals surface area contributed by atoms with Gasteiger partial charge in [0.2, 0.25) is 10.0 Å². The maximum Gasteiger partial charge on any atom is 0.270 e. The van der Waals surface area contributed by atoms with Crippen LogP contribution in [0.2, 0.25) is 5.02 Å². The number of H-pyrrole nitrogens is 1. The summed E-state index contributed by atoms with van der Waals surface area (Å²) in [4.78, 5) is 20.9. The first kappa shape index (κ1) is 22.7. The number of hydrogen-bond donors (Lipinski definition) is 2. The minimum absolute atomic E-state index is 0.0426. The lowest BCUT2D eigenvalue weighted by Crippen LogP contribution is -3.12. The number of rotatable bonds is 7. The Bertz CT molecular complexity index is 1060. The number of benzene rings is 1. The zero-order valence-corrected chi connectivity index (χ0v) is 19.1. The molecule has 0 bridgehead atoms. The van der Waals surface area contributed by atoms with Crippen LogP contribution in [0, 0.1) is 0 Å². The molecule has 2 aromatic rings. The Morgan fingerprint density at radius 2 is 1.97 bits per heavy atom. The monoisotopic (exact) mass is 455 g/mol. The molecule has 1 saturated heterocycles. The second-order valence-electron chi connectivity index (χ2n) is 7.40. The van der Waals surface area contributed by atoms with Crippen molar-refractivity contribution in [1.29, 1.82) is 0 Å². The van der Waals surface area contributed by atoms with Crippen LogP contribution in [-0.2, 0) is 16.4 Å². The predicted octanol–water partition coefficient (Wildman–Crippen LogP) is 0.961. The SMILES string of the molecule is CCCOc1ccc(S(=O)(=O)N2CC[NH+](C)CC2)cc1-c1nc(CC)c(Cl)c(=O)[nH]1. The number of nitrogens with zero attached hydrogens (tertiary/aromatic N) is 2. The van der Waals surface area contributed by atoms with Crippen LogP contribution in [0.25, 0.3) is 11.4 Å². The van der Waals surface area contributed by atoms with Crippen LogP contribution in [0.5, 0.6) is 5.75 Å². The van der Waals surface area contributed by atoms with Crippen molar-refractivity contribution in [2.75, 3.05) is 39.8 Å². The second kappa shape index (κ2) is 9.47. The molecule has 1 fully saturated rings. The average molecular weight is 456 g/mol. The van der Waals surface area contributed by atoms with Crippen LogP contribution in [0.1, 0.15) is 26.0 Å². The number of nitrogens with one attached hydrogen (secondary N) is 2. The molecular formula is C20H28ClN4O4S+. The number of halogens is 1. The first-order valence-electron chi connectivity index (χ1n) is 10.1. The van der Waals surface area contributed by atoms with Gasteiger partial charge in [0.1, 0.15) is 16.6 Å². The molecule has 0 spiro atoms. The van der Waals surface area contributed by atoms with E-state index < -0.39 is 15.6 Å². The zero-order valence-electron chi connectivity index (χ0n) is 17.5.